The van der Waals surface area contributed by atoms with Gasteiger partial charge in [-0.1, -0.05) is 0 Å². The highest BCUT2D eigenvalue weighted by atomic mass is 19.4. The van der Waals surface area contributed by atoms with Crippen molar-refractivity contribution in [3.8, 4) is 0 Å². The van der Waals surface area contributed by atoms with Crippen LogP contribution in [0.25, 0.3) is 0 Å². The first-order valence-corrected chi connectivity index (χ1v) is 6.31. The highest BCUT2D eigenvalue weighted by Crippen LogP contribution is 2.27. The Morgan fingerprint density at radius 1 is 1.45 bits per heavy atom. The van der Waals surface area contributed by atoms with E-state index in [1.165, 1.54) is 6.20 Å². The Hall–Kier alpha value is -1.57. The minimum absolute atomic E-state index is 0.153. The molecule has 0 spiro atoms. The van der Waals surface area contributed by atoms with E-state index in [0.29, 0.717) is 13.1 Å². The molecule has 0 radical (unpaired) electrons. The number of likely N-dealkylation sites (tertiary alicyclic amines) is 1. The minimum Gasteiger partial charge on any atom is -0.381 e. The molecule has 2 rings (SSSR count). The van der Waals surface area contributed by atoms with Gasteiger partial charge in [0.2, 0.25) is 5.91 Å². The van der Waals surface area contributed by atoms with Gasteiger partial charge in [-0.05, 0) is 18.9 Å². The Labute approximate surface area is 114 Å². The van der Waals surface area contributed by atoms with Crippen LogP contribution in [0.1, 0.15) is 18.5 Å². The van der Waals surface area contributed by atoms with Gasteiger partial charge < -0.3 is 9.64 Å². The highest BCUT2D eigenvalue weighted by Gasteiger charge is 2.33. The standard InChI is InChI=1S/C12H16F3N3O2/c1-20-9-2-5-17(6-3-9)11(19)8-18-7-4-10(16-18)12(13,14)15/h4,7,9H,2-3,5-6,8H2,1H3. The third-order valence-electron chi connectivity index (χ3n) is 3.36. The fourth-order valence-electron chi connectivity index (χ4n) is 2.18. The molecular formula is C12H16F3N3O2. The lowest BCUT2D eigenvalue weighted by Crippen LogP contribution is -2.42. The number of ether oxygens (including phenoxy) is 1. The Morgan fingerprint density at radius 3 is 2.60 bits per heavy atom. The maximum Gasteiger partial charge on any atom is 0.435 e. The molecule has 8 heteroatoms. The van der Waals surface area contributed by atoms with Crippen molar-refractivity contribution in [2.75, 3.05) is 20.2 Å². The third-order valence-corrected chi connectivity index (χ3v) is 3.36. The average Bonchev–Trinajstić information content (AvgIpc) is 2.87. The number of aromatic nitrogens is 2. The molecule has 2 heterocycles. The Bertz CT molecular complexity index is 465. The van der Waals surface area contributed by atoms with Crippen molar-refractivity contribution in [1.29, 1.82) is 0 Å². The van der Waals surface area contributed by atoms with Crippen molar-refractivity contribution < 1.29 is 22.7 Å². The van der Waals surface area contributed by atoms with E-state index in [1.54, 1.807) is 12.0 Å². The Morgan fingerprint density at radius 2 is 2.10 bits per heavy atom. The van der Waals surface area contributed by atoms with E-state index in [0.717, 1.165) is 23.6 Å². The summed E-state index contributed by atoms with van der Waals surface area (Å²) in [6, 6.07) is 0.866. The quantitative estimate of drug-likeness (QED) is 0.848. The molecule has 0 aliphatic carbocycles. The monoisotopic (exact) mass is 291 g/mol. The zero-order valence-electron chi connectivity index (χ0n) is 11.1. The number of alkyl halides is 3. The van der Waals surface area contributed by atoms with E-state index >= 15 is 0 Å². The molecule has 0 bridgehead atoms. The van der Waals surface area contributed by atoms with Gasteiger partial charge in [0.25, 0.3) is 0 Å². The van der Waals surface area contributed by atoms with Crippen molar-refractivity contribution in [3.63, 3.8) is 0 Å². The summed E-state index contributed by atoms with van der Waals surface area (Å²) in [7, 11) is 1.63. The Balaban J connectivity index is 1.90. The summed E-state index contributed by atoms with van der Waals surface area (Å²) < 4.78 is 43.4. The highest BCUT2D eigenvalue weighted by molar-refractivity contribution is 5.76. The summed E-state index contributed by atoms with van der Waals surface area (Å²) >= 11 is 0. The second-order valence-electron chi connectivity index (χ2n) is 4.71. The first kappa shape index (κ1) is 14.8. The van der Waals surface area contributed by atoms with E-state index in [1.807, 2.05) is 0 Å². The number of amides is 1. The van der Waals surface area contributed by atoms with E-state index in [-0.39, 0.29) is 18.6 Å². The fourth-order valence-corrected chi connectivity index (χ4v) is 2.18. The summed E-state index contributed by atoms with van der Waals surface area (Å²) in [5.74, 6) is -0.226. The molecule has 1 aromatic heterocycles. The molecule has 20 heavy (non-hydrogen) atoms. The van der Waals surface area contributed by atoms with Crippen LogP contribution in [-0.2, 0) is 22.3 Å². The van der Waals surface area contributed by atoms with E-state index in [2.05, 4.69) is 5.10 Å². The second-order valence-corrected chi connectivity index (χ2v) is 4.71. The molecular weight excluding hydrogens is 275 g/mol. The lowest BCUT2D eigenvalue weighted by atomic mass is 10.1. The largest absolute Gasteiger partial charge is 0.435 e. The summed E-state index contributed by atoms with van der Waals surface area (Å²) in [6.45, 7) is 0.948. The molecule has 112 valence electrons. The van der Waals surface area contributed by atoms with E-state index in [9.17, 15) is 18.0 Å². The molecule has 1 amide bonds. The maximum absolute atomic E-state index is 12.4. The van der Waals surface area contributed by atoms with Crippen LogP contribution in [0.15, 0.2) is 12.3 Å². The number of halogens is 3. The second kappa shape index (κ2) is 5.82. The van der Waals surface area contributed by atoms with Crippen LogP contribution in [0.2, 0.25) is 0 Å². The van der Waals surface area contributed by atoms with Crippen LogP contribution in [0.4, 0.5) is 13.2 Å². The average molecular weight is 291 g/mol. The number of carbonyl (C=O) groups is 1. The van der Waals surface area contributed by atoms with Gasteiger partial charge in [0, 0.05) is 26.4 Å². The van der Waals surface area contributed by atoms with Crippen molar-refractivity contribution >= 4 is 5.91 Å². The van der Waals surface area contributed by atoms with Crippen molar-refractivity contribution in [2.24, 2.45) is 0 Å². The molecule has 0 N–H and O–H groups in total. The number of methoxy groups -OCH3 is 1. The topological polar surface area (TPSA) is 47.4 Å². The van der Waals surface area contributed by atoms with Gasteiger partial charge in [-0.2, -0.15) is 18.3 Å². The van der Waals surface area contributed by atoms with Gasteiger partial charge in [-0.15, -0.1) is 0 Å². The summed E-state index contributed by atoms with van der Waals surface area (Å²) in [5, 5.41) is 3.37. The zero-order valence-corrected chi connectivity index (χ0v) is 11.1. The van der Waals surface area contributed by atoms with Gasteiger partial charge in [-0.3, -0.25) is 9.48 Å². The number of rotatable bonds is 3. The third kappa shape index (κ3) is 3.50. The summed E-state index contributed by atoms with van der Waals surface area (Å²) in [4.78, 5) is 13.6. The minimum atomic E-state index is -4.48. The molecule has 1 aromatic rings. The lowest BCUT2D eigenvalue weighted by molar-refractivity contribution is -0.142. The first-order chi connectivity index (χ1) is 9.40. The van der Waals surface area contributed by atoms with Gasteiger partial charge in [-0.25, -0.2) is 0 Å². The lowest BCUT2D eigenvalue weighted by Gasteiger charge is -2.31. The van der Waals surface area contributed by atoms with Crippen LogP contribution in [0, 0.1) is 0 Å². The van der Waals surface area contributed by atoms with Crippen LogP contribution < -0.4 is 0 Å². The normalized spacial score (nSPS) is 17.5. The molecule has 0 saturated carbocycles. The zero-order chi connectivity index (χ0) is 14.8. The van der Waals surface area contributed by atoms with Crippen molar-refractivity contribution in [1.82, 2.24) is 14.7 Å². The van der Waals surface area contributed by atoms with Crippen LogP contribution in [0.5, 0.6) is 0 Å². The van der Waals surface area contributed by atoms with Crippen molar-refractivity contribution in [3.05, 3.63) is 18.0 Å². The Kier molecular flexibility index (Phi) is 4.32. The molecule has 1 fully saturated rings. The van der Waals surface area contributed by atoms with Gasteiger partial charge in [0.1, 0.15) is 6.54 Å². The predicted octanol–water partition coefficient (Wildman–Crippen LogP) is 1.54. The number of piperidine rings is 1. The smallest absolute Gasteiger partial charge is 0.381 e. The van der Waals surface area contributed by atoms with Gasteiger partial charge in [0.15, 0.2) is 5.69 Å². The fraction of sp³-hybridized carbons (Fsp3) is 0.667. The molecule has 1 aliphatic heterocycles. The van der Waals surface area contributed by atoms with Crippen molar-refractivity contribution in [2.45, 2.75) is 31.7 Å². The van der Waals surface area contributed by atoms with Crippen LogP contribution >= 0.6 is 0 Å². The number of hydrogen-bond acceptors (Lipinski definition) is 3. The summed E-state index contributed by atoms with van der Waals surface area (Å²) in [6.07, 6.45) is -1.67. The van der Waals surface area contributed by atoms with Crippen LogP contribution in [0.3, 0.4) is 0 Å². The maximum atomic E-state index is 12.4. The molecule has 0 aromatic carbocycles. The number of hydrogen-bond donors (Lipinski definition) is 0. The number of carbonyl (C=O) groups excluding carboxylic acids is 1. The molecule has 5 nitrogen and oxygen atoms in total. The predicted molar refractivity (Wildman–Crippen MR) is 63.8 cm³/mol. The first-order valence-electron chi connectivity index (χ1n) is 6.31. The van der Waals surface area contributed by atoms with Gasteiger partial charge in [0.05, 0.1) is 6.10 Å². The van der Waals surface area contributed by atoms with E-state index < -0.39 is 11.9 Å². The molecule has 1 aliphatic rings. The number of nitrogens with zero attached hydrogens (tertiary/aromatic N) is 3. The molecule has 0 unspecified atom stereocenters. The van der Waals surface area contributed by atoms with Crippen LogP contribution in [-0.4, -0.2) is 46.9 Å². The molecule has 1 saturated heterocycles. The molecule has 0 atom stereocenters. The summed E-state index contributed by atoms with van der Waals surface area (Å²) in [5.41, 5.74) is -0.983. The van der Waals surface area contributed by atoms with Gasteiger partial charge >= 0.3 is 6.18 Å². The van der Waals surface area contributed by atoms with E-state index in [4.69, 9.17) is 4.74 Å². The SMILES string of the molecule is COC1CCN(C(=O)Cn2ccc(C(F)(F)F)n2)CC1.